The Morgan fingerprint density at radius 1 is 1.10 bits per heavy atom. The minimum atomic E-state index is -0.881. The Bertz CT molecular complexity index is 795. The molecule has 21 heavy (non-hydrogen) atoms. The summed E-state index contributed by atoms with van der Waals surface area (Å²) in [6.45, 7) is 0. The molecule has 0 saturated heterocycles. The number of para-hydroxylation sites is 2. The van der Waals surface area contributed by atoms with E-state index < -0.39 is 5.97 Å². The highest BCUT2D eigenvalue weighted by Crippen LogP contribution is 2.47. The van der Waals surface area contributed by atoms with E-state index in [-0.39, 0.29) is 6.17 Å². The number of hydrogen-bond donors (Lipinski definition) is 2. The van der Waals surface area contributed by atoms with Crippen molar-refractivity contribution in [3.63, 3.8) is 0 Å². The quantitative estimate of drug-likeness (QED) is 0.842. The van der Waals surface area contributed by atoms with E-state index >= 15 is 0 Å². The van der Waals surface area contributed by atoms with Crippen molar-refractivity contribution in [2.24, 2.45) is 0 Å². The average molecular weight is 278 g/mol. The molecule has 0 fully saturated rings. The summed E-state index contributed by atoms with van der Waals surface area (Å²) in [6, 6.07) is 15.5. The maximum atomic E-state index is 11.9. The molecular formula is C17H14N2O2. The summed E-state index contributed by atoms with van der Waals surface area (Å²) in [5.74, 6) is -0.881. The van der Waals surface area contributed by atoms with Crippen molar-refractivity contribution in [2.45, 2.75) is 6.17 Å². The van der Waals surface area contributed by atoms with Gasteiger partial charge in [0.15, 0.2) is 0 Å². The topological polar surface area (TPSA) is 52.6 Å². The van der Waals surface area contributed by atoms with Gasteiger partial charge in [-0.25, -0.2) is 4.79 Å². The summed E-state index contributed by atoms with van der Waals surface area (Å²) < 4.78 is 0. The van der Waals surface area contributed by atoms with Crippen molar-refractivity contribution in [3.05, 3.63) is 59.7 Å². The molecule has 0 amide bonds. The fourth-order valence-electron chi connectivity index (χ4n) is 3.28. The Balaban J connectivity index is 2.08. The molecule has 4 rings (SSSR count). The molecule has 2 aliphatic rings. The maximum absolute atomic E-state index is 11.9. The molecule has 2 N–H and O–H groups in total. The van der Waals surface area contributed by atoms with Crippen LogP contribution < -0.4 is 10.2 Å². The second-order valence-electron chi connectivity index (χ2n) is 5.31. The van der Waals surface area contributed by atoms with E-state index in [2.05, 4.69) is 10.2 Å². The predicted molar refractivity (Wildman–Crippen MR) is 83.1 cm³/mol. The number of carbonyl (C=O) groups is 1. The third kappa shape index (κ3) is 1.53. The van der Waals surface area contributed by atoms with E-state index in [9.17, 15) is 9.90 Å². The van der Waals surface area contributed by atoms with Crippen LogP contribution in [0.25, 0.3) is 11.1 Å². The van der Waals surface area contributed by atoms with Crippen molar-refractivity contribution in [2.75, 3.05) is 17.3 Å². The zero-order valence-corrected chi connectivity index (χ0v) is 11.5. The molecule has 4 nitrogen and oxygen atoms in total. The number of anilines is 2. The summed E-state index contributed by atoms with van der Waals surface area (Å²) in [7, 11) is 1.99. The number of hydrogen-bond acceptors (Lipinski definition) is 3. The number of likely N-dealkylation sites (N-methyl/N-ethyl adjacent to an activating group) is 1. The van der Waals surface area contributed by atoms with E-state index in [0.29, 0.717) is 5.57 Å². The van der Waals surface area contributed by atoms with Gasteiger partial charge in [0.25, 0.3) is 0 Å². The molecule has 0 saturated carbocycles. The van der Waals surface area contributed by atoms with Crippen LogP contribution in [0.4, 0.5) is 11.4 Å². The molecule has 1 unspecified atom stereocenters. The lowest BCUT2D eigenvalue weighted by atomic mass is 9.89. The van der Waals surface area contributed by atoms with Gasteiger partial charge in [-0.3, -0.25) is 0 Å². The third-order valence-electron chi connectivity index (χ3n) is 4.21. The molecule has 0 aliphatic carbocycles. The Labute approximate surface area is 122 Å². The van der Waals surface area contributed by atoms with Crippen LogP contribution in [0.1, 0.15) is 11.1 Å². The maximum Gasteiger partial charge on any atom is 0.336 e. The number of fused-ring (bicyclic) bond motifs is 4. The zero-order valence-electron chi connectivity index (χ0n) is 11.5. The Morgan fingerprint density at radius 3 is 2.52 bits per heavy atom. The lowest BCUT2D eigenvalue weighted by Gasteiger charge is -2.35. The first-order valence-electron chi connectivity index (χ1n) is 6.84. The molecule has 2 heterocycles. The number of carboxylic acid groups (broad SMARTS) is 1. The lowest BCUT2D eigenvalue weighted by molar-refractivity contribution is -0.130. The first-order valence-corrected chi connectivity index (χ1v) is 6.84. The van der Waals surface area contributed by atoms with Gasteiger partial charge in [0, 0.05) is 35.1 Å². The van der Waals surface area contributed by atoms with Crippen LogP contribution in [0.2, 0.25) is 0 Å². The van der Waals surface area contributed by atoms with E-state index in [4.69, 9.17) is 0 Å². The molecule has 0 aromatic heterocycles. The fraction of sp³-hybridized carbons (Fsp3) is 0.118. The molecule has 4 heteroatoms. The monoisotopic (exact) mass is 278 g/mol. The molecule has 0 radical (unpaired) electrons. The fourth-order valence-corrected chi connectivity index (χ4v) is 3.28. The molecule has 1 atom stereocenters. The Hall–Kier alpha value is -2.75. The largest absolute Gasteiger partial charge is 0.478 e. The zero-order chi connectivity index (χ0) is 14.6. The van der Waals surface area contributed by atoms with Crippen LogP contribution in [0.3, 0.4) is 0 Å². The molecular weight excluding hydrogens is 264 g/mol. The number of rotatable bonds is 1. The summed E-state index contributed by atoms with van der Waals surface area (Å²) >= 11 is 0. The SMILES string of the molecule is CN1c2ccccc2C(C(=O)O)=C2c3ccccc3NC21. The predicted octanol–water partition coefficient (Wildman–Crippen LogP) is 2.88. The lowest BCUT2D eigenvalue weighted by Crippen LogP contribution is -2.39. The van der Waals surface area contributed by atoms with Gasteiger partial charge in [0.1, 0.15) is 6.17 Å². The number of benzene rings is 2. The van der Waals surface area contributed by atoms with Crippen LogP contribution in [0.15, 0.2) is 48.5 Å². The molecule has 0 bridgehead atoms. The first kappa shape index (κ1) is 12.0. The van der Waals surface area contributed by atoms with E-state index in [1.807, 2.05) is 55.6 Å². The highest BCUT2D eigenvalue weighted by molar-refractivity contribution is 6.28. The van der Waals surface area contributed by atoms with Crippen molar-refractivity contribution in [3.8, 4) is 0 Å². The van der Waals surface area contributed by atoms with E-state index in [0.717, 1.165) is 28.1 Å². The highest BCUT2D eigenvalue weighted by Gasteiger charge is 2.39. The van der Waals surface area contributed by atoms with Gasteiger partial charge in [0.2, 0.25) is 0 Å². The van der Waals surface area contributed by atoms with E-state index in [1.165, 1.54) is 0 Å². The van der Waals surface area contributed by atoms with Gasteiger partial charge in [-0.15, -0.1) is 0 Å². The van der Waals surface area contributed by atoms with Crippen LogP contribution in [0.5, 0.6) is 0 Å². The molecule has 0 spiro atoms. The van der Waals surface area contributed by atoms with Crippen LogP contribution in [-0.2, 0) is 4.79 Å². The van der Waals surface area contributed by atoms with Crippen LogP contribution >= 0.6 is 0 Å². The normalized spacial score (nSPS) is 18.7. The van der Waals surface area contributed by atoms with Crippen LogP contribution in [0, 0.1) is 0 Å². The summed E-state index contributed by atoms with van der Waals surface area (Å²) in [5, 5.41) is 13.2. The van der Waals surface area contributed by atoms with Gasteiger partial charge in [-0.1, -0.05) is 36.4 Å². The highest BCUT2D eigenvalue weighted by atomic mass is 16.4. The second-order valence-corrected chi connectivity index (χ2v) is 5.31. The second kappa shape index (κ2) is 4.12. The van der Waals surface area contributed by atoms with Crippen molar-refractivity contribution < 1.29 is 9.90 Å². The molecule has 2 aromatic carbocycles. The number of nitrogens with zero attached hydrogens (tertiary/aromatic N) is 1. The van der Waals surface area contributed by atoms with Gasteiger partial charge >= 0.3 is 5.97 Å². The first-order chi connectivity index (χ1) is 10.2. The van der Waals surface area contributed by atoms with Gasteiger partial charge in [-0.05, 0) is 12.1 Å². The number of nitrogens with one attached hydrogen (secondary N) is 1. The summed E-state index contributed by atoms with van der Waals surface area (Å²) in [6.07, 6.45) is -0.136. The minimum Gasteiger partial charge on any atom is -0.478 e. The molecule has 2 aliphatic heterocycles. The van der Waals surface area contributed by atoms with Crippen molar-refractivity contribution in [1.29, 1.82) is 0 Å². The van der Waals surface area contributed by atoms with Crippen molar-refractivity contribution in [1.82, 2.24) is 0 Å². The van der Waals surface area contributed by atoms with Crippen LogP contribution in [-0.4, -0.2) is 24.3 Å². The Morgan fingerprint density at radius 2 is 1.76 bits per heavy atom. The number of carboxylic acids is 1. The van der Waals surface area contributed by atoms with Gasteiger partial charge in [-0.2, -0.15) is 0 Å². The van der Waals surface area contributed by atoms with Gasteiger partial charge in [0.05, 0.1) is 5.57 Å². The smallest absolute Gasteiger partial charge is 0.336 e. The molecule has 104 valence electrons. The van der Waals surface area contributed by atoms with E-state index in [1.54, 1.807) is 0 Å². The molecule has 2 aromatic rings. The summed E-state index contributed by atoms with van der Waals surface area (Å²) in [4.78, 5) is 14.0. The summed E-state index contributed by atoms with van der Waals surface area (Å²) in [5.41, 5.74) is 4.91. The average Bonchev–Trinajstić information content (AvgIpc) is 2.87. The standard InChI is InChI=1S/C17H14N2O2/c1-19-13-9-5-3-7-11(13)15(17(20)21)14-10-6-2-4-8-12(10)18-16(14)19/h2-9,16,18H,1H3,(H,20,21). The Kier molecular flexibility index (Phi) is 2.36. The van der Waals surface area contributed by atoms with Crippen molar-refractivity contribution >= 4 is 28.5 Å². The number of aliphatic carboxylic acids is 1. The minimum absolute atomic E-state index is 0.136. The third-order valence-corrected chi connectivity index (χ3v) is 4.21. The van der Waals surface area contributed by atoms with Gasteiger partial charge < -0.3 is 15.3 Å².